The molecular weight excluding hydrogens is 626 g/mol. The van der Waals surface area contributed by atoms with Crippen LogP contribution in [-0.2, 0) is 23.1 Å². The molecular formula is C40H45N7O3. The summed E-state index contributed by atoms with van der Waals surface area (Å²) in [6.45, 7) is 11.1. The summed E-state index contributed by atoms with van der Waals surface area (Å²) in [5.74, 6) is 0.614. The first-order chi connectivity index (χ1) is 24.1. The zero-order chi connectivity index (χ0) is 35.6. The fourth-order valence-electron chi connectivity index (χ4n) is 7.72. The third-order valence-corrected chi connectivity index (χ3v) is 10.2. The molecule has 3 aromatic carbocycles. The normalized spacial score (nSPS) is 18.7. The van der Waals surface area contributed by atoms with Crippen LogP contribution in [0, 0.1) is 25.2 Å². The molecule has 0 bridgehead atoms. The highest BCUT2D eigenvalue weighted by Gasteiger charge is 2.48. The molecule has 50 heavy (non-hydrogen) atoms. The van der Waals surface area contributed by atoms with Gasteiger partial charge in [-0.15, -0.1) is 10.2 Å². The largest absolute Gasteiger partial charge is 0.419 e. The molecule has 1 aliphatic carbocycles. The number of fused-ring (bicyclic) bond motifs is 2. The first-order valence-electron chi connectivity index (χ1n) is 17.3. The van der Waals surface area contributed by atoms with Gasteiger partial charge in [0.2, 0.25) is 17.7 Å². The Balaban J connectivity index is 1.53. The Morgan fingerprint density at radius 1 is 1.04 bits per heavy atom. The van der Waals surface area contributed by atoms with Crippen molar-refractivity contribution in [2.45, 2.75) is 70.4 Å². The van der Waals surface area contributed by atoms with E-state index in [1.807, 2.05) is 56.4 Å². The van der Waals surface area contributed by atoms with Gasteiger partial charge in [0.25, 0.3) is 5.91 Å². The molecule has 1 aromatic heterocycles. The zero-order valence-electron chi connectivity index (χ0n) is 29.5. The fraction of sp³-hybridized carbons (Fsp3) is 0.375. The molecule has 3 N–H and O–H groups in total. The predicted molar refractivity (Wildman–Crippen MR) is 193 cm³/mol. The lowest BCUT2D eigenvalue weighted by Crippen LogP contribution is -2.45. The Labute approximate surface area is 294 Å². The number of hydrogen-bond donors (Lipinski definition) is 3. The minimum absolute atomic E-state index is 0.0855. The number of carbonyl (C=O) groups is 2. The second-order valence-corrected chi connectivity index (χ2v) is 13.6. The summed E-state index contributed by atoms with van der Waals surface area (Å²) < 4.78 is 6.74. The third kappa shape index (κ3) is 6.41. The van der Waals surface area contributed by atoms with Gasteiger partial charge in [-0.25, -0.2) is 0 Å². The fourth-order valence-corrected chi connectivity index (χ4v) is 7.72. The first kappa shape index (κ1) is 34.6. The molecule has 0 radical (unpaired) electrons. The number of nitriles is 1. The van der Waals surface area contributed by atoms with Crippen molar-refractivity contribution in [1.82, 2.24) is 31.0 Å². The van der Waals surface area contributed by atoms with Gasteiger partial charge < -0.3 is 25.3 Å². The van der Waals surface area contributed by atoms with Crippen LogP contribution in [0.1, 0.15) is 81.4 Å². The minimum atomic E-state index is -0.944. The van der Waals surface area contributed by atoms with Gasteiger partial charge in [-0.3, -0.25) is 9.59 Å². The molecule has 10 heteroatoms. The number of likely N-dealkylation sites (tertiary alicyclic amines) is 1. The van der Waals surface area contributed by atoms with Gasteiger partial charge in [-0.2, -0.15) is 5.26 Å². The summed E-state index contributed by atoms with van der Waals surface area (Å²) >= 11 is 0. The van der Waals surface area contributed by atoms with Crippen LogP contribution in [0.4, 0.5) is 0 Å². The second-order valence-electron chi connectivity index (χ2n) is 13.6. The molecule has 0 spiro atoms. The van der Waals surface area contributed by atoms with Crippen LogP contribution in [0.5, 0.6) is 0 Å². The molecule has 10 nitrogen and oxygen atoms in total. The number of carbonyl (C=O) groups excluding carboxylic acids is 2. The van der Waals surface area contributed by atoms with Gasteiger partial charge >= 0.3 is 0 Å². The van der Waals surface area contributed by atoms with Crippen molar-refractivity contribution >= 4 is 17.5 Å². The van der Waals surface area contributed by atoms with Gasteiger partial charge in [-0.1, -0.05) is 30.3 Å². The molecule has 1 fully saturated rings. The van der Waals surface area contributed by atoms with Crippen LogP contribution in [0.15, 0.2) is 65.6 Å². The molecule has 1 aliphatic heterocycles. The smallest absolute Gasteiger partial charge is 0.251 e. The van der Waals surface area contributed by atoms with Crippen LogP contribution in [0.2, 0.25) is 0 Å². The Bertz CT molecular complexity index is 1980. The van der Waals surface area contributed by atoms with Gasteiger partial charge in [0.05, 0.1) is 12.6 Å². The van der Waals surface area contributed by atoms with Gasteiger partial charge in [0.15, 0.2) is 0 Å². The highest BCUT2D eigenvalue weighted by Crippen LogP contribution is 2.49. The van der Waals surface area contributed by atoms with E-state index in [2.05, 4.69) is 59.7 Å². The minimum Gasteiger partial charge on any atom is -0.419 e. The molecule has 2 heterocycles. The van der Waals surface area contributed by atoms with Gasteiger partial charge in [0.1, 0.15) is 11.5 Å². The van der Waals surface area contributed by atoms with Crippen LogP contribution in [0.25, 0.3) is 17.2 Å². The first-order valence-corrected chi connectivity index (χ1v) is 17.3. The zero-order valence-corrected chi connectivity index (χ0v) is 29.5. The number of nitrogens with one attached hydrogen (secondary N) is 3. The summed E-state index contributed by atoms with van der Waals surface area (Å²) in [6.07, 6.45) is 3.42. The van der Waals surface area contributed by atoms with Crippen LogP contribution < -0.4 is 16.0 Å². The molecule has 0 saturated carbocycles. The molecule has 6 rings (SSSR count). The number of aryl methyl sites for hydroxylation is 4. The maximum atomic E-state index is 13.3. The second kappa shape index (κ2) is 14.3. The van der Waals surface area contributed by atoms with Crippen molar-refractivity contribution in [3.8, 4) is 17.5 Å². The molecule has 2 aliphatic rings. The van der Waals surface area contributed by atoms with Crippen LogP contribution >= 0.6 is 0 Å². The third-order valence-electron chi connectivity index (χ3n) is 10.2. The Kier molecular flexibility index (Phi) is 9.89. The maximum absolute atomic E-state index is 13.3. The van der Waals surface area contributed by atoms with E-state index in [9.17, 15) is 14.9 Å². The summed E-state index contributed by atoms with van der Waals surface area (Å²) in [5, 5.41) is 28.4. The number of amides is 2. The molecule has 4 aromatic rings. The monoisotopic (exact) mass is 671 g/mol. The molecule has 2 unspecified atom stereocenters. The predicted octanol–water partition coefficient (Wildman–Crippen LogP) is 5.22. The van der Waals surface area contributed by atoms with Crippen molar-refractivity contribution in [1.29, 1.82) is 5.26 Å². The Morgan fingerprint density at radius 3 is 2.50 bits per heavy atom. The number of hydrogen-bond acceptors (Lipinski definition) is 8. The summed E-state index contributed by atoms with van der Waals surface area (Å²) in [4.78, 5) is 27.9. The van der Waals surface area contributed by atoms with Crippen molar-refractivity contribution in [2.75, 3.05) is 27.2 Å². The van der Waals surface area contributed by atoms with Crippen LogP contribution in [-0.4, -0.2) is 66.2 Å². The van der Waals surface area contributed by atoms with E-state index < -0.39 is 5.41 Å². The van der Waals surface area contributed by atoms with E-state index in [4.69, 9.17) is 9.52 Å². The van der Waals surface area contributed by atoms with Crippen molar-refractivity contribution < 1.29 is 14.0 Å². The molecule has 3 atom stereocenters. The van der Waals surface area contributed by atoms with E-state index in [0.717, 1.165) is 63.0 Å². The summed E-state index contributed by atoms with van der Waals surface area (Å²) in [5.41, 5.74) is 8.63. The lowest BCUT2D eigenvalue weighted by atomic mass is 9.66. The average molecular weight is 672 g/mol. The lowest BCUT2D eigenvalue weighted by molar-refractivity contribution is -0.130. The lowest BCUT2D eigenvalue weighted by Gasteiger charge is -2.37. The van der Waals surface area contributed by atoms with E-state index in [1.165, 1.54) is 0 Å². The maximum Gasteiger partial charge on any atom is 0.251 e. The quantitative estimate of drug-likeness (QED) is 0.209. The number of aromatic nitrogens is 2. The van der Waals surface area contributed by atoms with Crippen molar-refractivity contribution in [3.05, 3.63) is 112 Å². The highest BCUT2D eigenvalue weighted by molar-refractivity contribution is 5.94. The highest BCUT2D eigenvalue weighted by atomic mass is 16.4. The number of rotatable bonds is 10. The Hall–Kier alpha value is -5.27. The van der Waals surface area contributed by atoms with Crippen LogP contribution in [0.3, 0.4) is 0 Å². The number of benzene rings is 3. The summed E-state index contributed by atoms with van der Waals surface area (Å²) in [6, 6.07) is 19.9. The van der Waals surface area contributed by atoms with Gasteiger partial charge in [-0.05, 0) is 123 Å². The van der Waals surface area contributed by atoms with E-state index >= 15 is 0 Å². The van der Waals surface area contributed by atoms with Gasteiger partial charge in [0, 0.05) is 43.5 Å². The van der Waals surface area contributed by atoms with Crippen molar-refractivity contribution in [3.63, 3.8) is 0 Å². The number of nitrogens with zero attached hydrogens (tertiary/aromatic N) is 4. The standard InChI is InChI=1S/C40H45N7O3/c1-24-9-11-28(12-10-24)38-45-46-39(50-38)40(21-26(3)44-23-35(48)47-17-7-8-33(47)22-41)34-16-15-31(37(49)43-6)19-29(34)13-14-30-20-32(27(4)42-5)18-25(2)36(30)40/h9-12,15-16,18-20,26,33,42,44H,4,7-8,13-14,17,21,23H2,1-3,5-6H3,(H,43,49)/t26-,33?,40?/m0/s1. The Morgan fingerprint density at radius 2 is 1.78 bits per heavy atom. The summed E-state index contributed by atoms with van der Waals surface area (Å²) in [7, 11) is 3.50. The van der Waals surface area contributed by atoms with E-state index in [1.54, 1.807) is 11.9 Å². The topological polar surface area (TPSA) is 136 Å². The molecule has 1 saturated heterocycles. The average Bonchev–Trinajstić information content (AvgIpc) is 3.80. The van der Waals surface area contributed by atoms with Crippen molar-refractivity contribution in [2.24, 2.45) is 0 Å². The molecule has 2 amide bonds. The SMILES string of the molecule is C=C(NC)c1cc(C)c2c(c1)CCc1cc(C(=O)NC)ccc1C2(C[C@H](C)NCC(=O)N1CCCC1C#N)c1nnc(-c2ccc(C)cc2)o1. The molecule has 258 valence electrons. The van der Waals surface area contributed by atoms with E-state index in [0.29, 0.717) is 43.2 Å². The van der Waals surface area contributed by atoms with E-state index in [-0.39, 0.29) is 30.4 Å².